The first kappa shape index (κ1) is 18.5. The Morgan fingerprint density at radius 1 is 1.28 bits per heavy atom. The molecule has 1 aromatic carbocycles. The van der Waals surface area contributed by atoms with E-state index in [-0.39, 0.29) is 22.9 Å². The molecule has 0 atom stereocenters. The standard InChI is InChI=1S/C15H16N4O5S/c1-2-7-24-14(22)9-5-3-4-6-10(9)16-11(20)8-25-13-12(21)17-15(23)19-18-13/h3-6H,2,7-8H2,1H3,(H,16,20)(H2,17,19,21,23). The van der Waals surface area contributed by atoms with Crippen molar-refractivity contribution in [3.8, 4) is 0 Å². The summed E-state index contributed by atoms with van der Waals surface area (Å²) >= 11 is 0.858. The van der Waals surface area contributed by atoms with Crippen LogP contribution in [0.15, 0.2) is 38.9 Å². The minimum Gasteiger partial charge on any atom is -0.462 e. The number of anilines is 1. The smallest absolute Gasteiger partial charge is 0.342 e. The topological polar surface area (TPSA) is 134 Å². The fraction of sp³-hybridized carbons (Fsp3) is 0.267. The van der Waals surface area contributed by atoms with Gasteiger partial charge in [0.2, 0.25) is 5.91 Å². The third-order valence-electron chi connectivity index (χ3n) is 2.88. The molecule has 1 aromatic heterocycles. The maximum Gasteiger partial charge on any atom is 0.342 e. The molecule has 9 nitrogen and oxygen atoms in total. The molecule has 0 unspecified atom stereocenters. The zero-order chi connectivity index (χ0) is 18.2. The quantitative estimate of drug-likeness (QED) is 0.487. The molecule has 0 radical (unpaired) electrons. The molecule has 25 heavy (non-hydrogen) atoms. The fourth-order valence-corrected chi connectivity index (χ4v) is 2.43. The SMILES string of the molecule is CCCOC(=O)c1ccccc1NC(=O)CSc1n[nH]c(=O)[nH]c1=O. The predicted octanol–water partition coefficient (Wildman–Crippen LogP) is 0.756. The van der Waals surface area contributed by atoms with E-state index >= 15 is 0 Å². The van der Waals surface area contributed by atoms with Crippen LogP contribution in [0.4, 0.5) is 5.69 Å². The van der Waals surface area contributed by atoms with Gasteiger partial charge in [0.15, 0.2) is 5.03 Å². The summed E-state index contributed by atoms with van der Waals surface area (Å²) in [5.41, 5.74) is -0.838. The number of hydrogen-bond acceptors (Lipinski definition) is 7. The lowest BCUT2D eigenvalue weighted by Gasteiger charge is -2.10. The number of rotatable bonds is 7. The van der Waals surface area contributed by atoms with E-state index in [1.165, 1.54) is 0 Å². The molecule has 0 spiro atoms. The van der Waals surface area contributed by atoms with Gasteiger partial charge >= 0.3 is 11.7 Å². The lowest BCUT2D eigenvalue weighted by Crippen LogP contribution is -2.26. The highest BCUT2D eigenvalue weighted by molar-refractivity contribution is 7.99. The molecule has 2 rings (SSSR count). The molecule has 0 fully saturated rings. The van der Waals surface area contributed by atoms with E-state index < -0.39 is 23.1 Å². The molecule has 132 valence electrons. The van der Waals surface area contributed by atoms with Gasteiger partial charge in [0.1, 0.15) is 0 Å². The highest BCUT2D eigenvalue weighted by Crippen LogP contribution is 2.17. The number of thioether (sulfide) groups is 1. The van der Waals surface area contributed by atoms with Gasteiger partial charge in [0.05, 0.1) is 23.6 Å². The Balaban J connectivity index is 2.02. The summed E-state index contributed by atoms with van der Waals surface area (Å²) < 4.78 is 5.07. The van der Waals surface area contributed by atoms with Crippen LogP contribution in [-0.4, -0.2) is 39.4 Å². The first-order valence-corrected chi connectivity index (χ1v) is 8.37. The van der Waals surface area contributed by atoms with Crippen molar-refractivity contribution < 1.29 is 14.3 Å². The molecular formula is C15H16N4O5S. The average molecular weight is 364 g/mol. The van der Waals surface area contributed by atoms with Crippen LogP contribution in [0.5, 0.6) is 0 Å². The summed E-state index contributed by atoms with van der Waals surface area (Å²) in [6.07, 6.45) is 0.692. The minimum atomic E-state index is -0.724. The molecule has 0 aliphatic heterocycles. The van der Waals surface area contributed by atoms with E-state index in [2.05, 4.69) is 15.5 Å². The second kappa shape index (κ2) is 8.83. The largest absolute Gasteiger partial charge is 0.462 e. The Morgan fingerprint density at radius 3 is 2.76 bits per heavy atom. The van der Waals surface area contributed by atoms with Crippen molar-refractivity contribution >= 4 is 29.3 Å². The van der Waals surface area contributed by atoms with Crippen LogP contribution < -0.4 is 16.6 Å². The summed E-state index contributed by atoms with van der Waals surface area (Å²) in [5, 5.41) is 8.21. The van der Waals surface area contributed by atoms with E-state index in [0.29, 0.717) is 12.1 Å². The number of H-pyrrole nitrogens is 2. The van der Waals surface area contributed by atoms with Crippen molar-refractivity contribution in [1.29, 1.82) is 0 Å². The maximum absolute atomic E-state index is 12.1. The number of carbonyl (C=O) groups is 2. The van der Waals surface area contributed by atoms with E-state index in [1.54, 1.807) is 24.3 Å². The summed E-state index contributed by atoms with van der Waals surface area (Å²) in [5.74, 6) is -1.09. The molecule has 3 N–H and O–H groups in total. The van der Waals surface area contributed by atoms with Crippen molar-refractivity contribution in [3.05, 3.63) is 50.7 Å². The summed E-state index contributed by atoms with van der Waals surface area (Å²) in [6, 6.07) is 6.47. The fourth-order valence-electron chi connectivity index (χ4n) is 1.80. The highest BCUT2D eigenvalue weighted by Gasteiger charge is 2.15. The first-order valence-electron chi connectivity index (χ1n) is 7.39. The molecule has 0 saturated carbocycles. The van der Waals surface area contributed by atoms with Crippen LogP contribution >= 0.6 is 11.8 Å². The van der Waals surface area contributed by atoms with Crippen molar-refractivity contribution in [2.75, 3.05) is 17.7 Å². The van der Waals surface area contributed by atoms with E-state index in [0.717, 1.165) is 11.8 Å². The summed E-state index contributed by atoms with van der Waals surface area (Å²) in [4.78, 5) is 48.5. The third-order valence-corrected chi connectivity index (χ3v) is 3.84. The molecule has 0 aliphatic rings. The number of amides is 1. The maximum atomic E-state index is 12.1. The zero-order valence-corrected chi connectivity index (χ0v) is 14.1. The number of nitrogens with zero attached hydrogens (tertiary/aromatic N) is 1. The highest BCUT2D eigenvalue weighted by atomic mass is 32.2. The Labute approximate surface area is 146 Å². The van der Waals surface area contributed by atoms with Gasteiger partial charge < -0.3 is 10.1 Å². The normalized spacial score (nSPS) is 10.3. The van der Waals surface area contributed by atoms with Gasteiger partial charge in [-0.3, -0.25) is 14.6 Å². The number of para-hydroxylation sites is 1. The van der Waals surface area contributed by atoms with Crippen molar-refractivity contribution in [2.45, 2.75) is 18.4 Å². The van der Waals surface area contributed by atoms with E-state index in [9.17, 15) is 19.2 Å². The number of aromatic amines is 2. The Morgan fingerprint density at radius 2 is 2.04 bits per heavy atom. The molecular weight excluding hydrogens is 348 g/mol. The van der Waals surface area contributed by atoms with Gasteiger partial charge in [-0.1, -0.05) is 30.8 Å². The van der Waals surface area contributed by atoms with Gasteiger partial charge in [0.25, 0.3) is 5.56 Å². The number of esters is 1. The lowest BCUT2D eigenvalue weighted by molar-refractivity contribution is -0.113. The van der Waals surface area contributed by atoms with Crippen LogP contribution in [0.25, 0.3) is 0 Å². The van der Waals surface area contributed by atoms with Crippen molar-refractivity contribution in [3.63, 3.8) is 0 Å². The average Bonchev–Trinajstić information content (AvgIpc) is 2.59. The van der Waals surface area contributed by atoms with Crippen LogP contribution in [0.2, 0.25) is 0 Å². The molecule has 2 aromatic rings. The predicted molar refractivity (Wildman–Crippen MR) is 91.8 cm³/mol. The van der Waals surface area contributed by atoms with Crippen LogP contribution in [0, 0.1) is 0 Å². The number of aromatic nitrogens is 3. The van der Waals surface area contributed by atoms with E-state index in [1.807, 2.05) is 11.9 Å². The number of benzene rings is 1. The zero-order valence-electron chi connectivity index (χ0n) is 13.3. The van der Waals surface area contributed by atoms with Crippen molar-refractivity contribution in [2.24, 2.45) is 0 Å². The van der Waals surface area contributed by atoms with Gasteiger partial charge in [-0.05, 0) is 18.6 Å². The summed E-state index contributed by atoms with van der Waals surface area (Å²) in [6.45, 7) is 2.17. The Bertz CT molecular complexity index is 876. The number of carbonyl (C=O) groups excluding carboxylic acids is 2. The third kappa shape index (κ3) is 5.31. The van der Waals surface area contributed by atoms with Gasteiger partial charge in [-0.25, -0.2) is 14.7 Å². The van der Waals surface area contributed by atoms with E-state index in [4.69, 9.17) is 4.74 Å². The van der Waals surface area contributed by atoms with Crippen LogP contribution in [0.3, 0.4) is 0 Å². The van der Waals surface area contributed by atoms with Gasteiger partial charge in [-0.2, -0.15) is 5.10 Å². The second-order valence-electron chi connectivity index (χ2n) is 4.83. The lowest BCUT2D eigenvalue weighted by atomic mass is 10.2. The van der Waals surface area contributed by atoms with Crippen LogP contribution in [-0.2, 0) is 9.53 Å². The van der Waals surface area contributed by atoms with Gasteiger partial charge in [-0.15, -0.1) is 0 Å². The molecule has 0 aliphatic carbocycles. The summed E-state index contributed by atoms with van der Waals surface area (Å²) in [7, 11) is 0. The minimum absolute atomic E-state index is 0.0367. The Kier molecular flexibility index (Phi) is 6.52. The molecule has 10 heteroatoms. The molecule has 1 amide bonds. The monoisotopic (exact) mass is 364 g/mol. The molecule has 0 bridgehead atoms. The number of ether oxygens (including phenoxy) is 1. The number of hydrogen-bond donors (Lipinski definition) is 3. The molecule has 1 heterocycles. The van der Waals surface area contributed by atoms with Crippen molar-refractivity contribution in [1.82, 2.24) is 15.2 Å². The van der Waals surface area contributed by atoms with Crippen LogP contribution in [0.1, 0.15) is 23.7 Å². The Hall–Kier alpha value is -2.88. The van der Waals surface area contributed by atoms with Gasteiger partial charge in [0, 0.05) is 0 Å². The number of nitrogens with one attached hydrogen (secondary N) is 3. The molecule has 0 saturated heterocycles. The second-order valence-corrected chi connectivity index (χ2v) is 5.79. The first-order chi connectivity index (χ1) is 12.0.